The van der Waals surface area contributed by atoms with E-state index < -0.39 is 0 Å². The average Bonchev–Trinajstić information content (AvgIpc) is 2.62. The zero-order chi connectivity index (χ0) is 8.39. The van der Waals surface area contributed by atoms with Crippen LogP contribution in [0.25, 0.3) is 0 Å². The Morgan fingerprint density at radius 3 is 3.17 bits per heavy atom. The second-order valence-corrected chi connectivity index (χ2v) is 3.40. The summed E-state index contributed by atoms with van der Waals surface area (Å²) in [4.78, 5) is 0. The first-order chi connectivity index (χ1) is 5.92. The van der Waals surface area contributed by atoms with E-state index in [4.69, 9.17) is 5.11 Å². The number of aryl methyl sites for hydroxylation is 2. The quantitative estimate of drug-likeness (QED) is 0.718. The highest BCUT2D eigenvalue weighted by atomic mass is 16.2. The van der Waals surface area contributed by atoms with Gasteiger partial charge in [0.05, 0.1) is 0 Å². The molecule has 0 aromatic carbocycles. The second kappa shape index (κ2) is 3.31. The van der Waals surface area contributed by atoms with Gasteiger partial charge in [0.1, 0.15) is 0 Å². The van der Waals surface area contributed by atoms with Crippen LogP contribution in [0.3, 0.4) is 0 Å². The third kappa shape index (κ3) is 1.27. The van der Waals surface area contributed by atoms with E-state index in [2.05, 4.69) is 16.7 Å². The molecule has 0 unspecified atom stereocenters. The molecule has 0 saturated heterocycles. The molecule has 12 heavy (non-hydrogen) atoms. The fourth-order valence-electron chi connectivity index (χ4n) is 1.96. The van der Waals surface area contributed by atoms with Crippen LogP contribution in [0, 0.1) is 0 Å². The molecule has 66 valence electrons. The molecule has 2 heterocycles. The third-order valence-electron chi connectivity index (χ3n) is 2.57. The Bertz CT molecular complexity index is 265. The van der Waals surface area contributed by atoms with Crippen LogP contribution in [0.1, 0.15) is 24.2 Å². The van der Waals surface area contributed by atoms with Gasteiger partial charge in [0.25, 0.3) is 0 Å². The lowest BCUT2D eigenvalue weighted by molar-refractivity contribution is 0.287. The van der Waals surface area contributed by atoms with E-state index in [1.54, 1.807) is 0 Å². The molecule has 0 amide bonds. The molecule has 1 N–H and O–H groups in total. The SMILES string of the molecule is OCCCc1ccc2n1CCC2. The normalized spacial score (nSPS) is 15.1. The molecule has 0 atom stereocenters. The molecular weight excluding hydrogens is 150 g/mol. The number of nitrogens with zero attached hydrogens (tertiary/aromatic N) is 1. The first-order valence-electron chi connectivity index (χ1n) is 4.70. The number of aliphatic hydroxyl groups is 1. The van der Waals surface area contributed by atoms with Crippen LogP contribution in [0.2, 0.25) is 0 Å². The minimum absolute atomic E-state index is 0.306. The van der Waals surface area contributed by atoms with E-state index >= 15 is 0 Å². The number of hydrogen-bond donors (Lipinski definition) is 1. The van der Waals surface area contributed by atoms with Gasteiger partial charge in [-0.2, -0.15) is 0 Å². The molecule has 0 saturated carbocycles. The fourth-order valence-corrected chi connectivity index (χ4v) is 1.96. The molecule has 1 aromatic heterocycles. The first kappa shape index (κ1) is 7.87. The molecule has 0 bridgehead atoms. The molecule has 1 aliphatic rings. The molecule has 0 aliphatic carbocycles. The average molecular weight is 165 g/mol. The van der Waals surface area contributed by atoms with Crippen molar-refractivity contribution in [1.82, 2.24) is 4.57 Å². The minimum atomic E-state index is 0.306. The predicted octanol–water partition coefficient (Wildman–Crippen LogP) is 1.36. The molecular formula is C10H15NO. The van der Waals surface area contributed by atoms with Gasteiger partial charge in [-0.1, -0.05) is 0 Å². The van der Waals surface area contributed by atoms with E-state index in [0.29, 0.717) is 6.61 Å². The Labute approximate surface area is 72.8 Å². The van der Waals surface area contributed by atoms with Crippen LogP contribution < -0.4 is 0 Å². The van der Waals surface area contributed by atoms with E-state index in [1.807, 2.05) is 0 Å². The Morgan fingerprint density at radius 2 is 2.33 bits per heavy atom. The molecule has 1 aliphatic heterocycles. The van der Waals surface area contributed by atoms with Crippen molar-refractivity contribution < 1.29 is 5.11 Å². The summed E-state index contributed by atoms with van der Waals surface area (Å²) in [6.45, 7) is 1.49. The summed E-state index contributed by atoms with van der Waals surface area (Å²) in [7, 11) is 0. The van der Waals surface area contributed by atoms with Gasteiger partial charge in [-0.25, -0.2) is 0 Å². The standard InChI is InChI=1S/C10H15NO/c12-8-2-4-10-6-5-9-3-1-7-11(9)10/h5-6,12H,1-4,7-8H2. The first-order valence-corrected chi connectivity index (χ1v) is 4.70. The lowest BCUT2D eigenvalue weighted by atomic mass is 10.2. The van der Waals surface area contributed by atoms with Gasteiger partial charge in [-0.05, 0) is 37.8 Å². The van der Waals surface area contributed by atoms with Crippen molar-refractivity contribution in [3.05, 3.63) is 23.5 Å². The van der Waals surface area contributed by atoms with Crippen LogP contribution in [0.15, 0.2) is 12.1 Å². The van der Waals surface area contributed by atoms with Gasteiger partial charge in [0, 0.05) is 24.5 Å². The molecule has 0 spiro atoms. The Balaban J connectivity index is 2.11. The van der Waals surface area contributed by atoms with Crippen molar-refractivity contribution in [2.75, 3.05) is 6.61 Å². The summed E-state index contributed by atoms with van der Waals surface area (Å²) in [6, 6.07) is 4.42. The second-order valence-electron chi connectivity index (χ2n) is 3.40. The van der Waals surface area contributed by atoms with Crippen LogP contribution in [0.4, 0.5) is 0 Å². The van der Waals surface area contributed by atoms with E-state index in [9.17, 15) is 0 Å². The Morgan fingerprint density at radius 1 is 1.42 bits per heavy atom. The number of aromatic nitrogens is 1. The topological polar surface area (TPSA) is 25.2 Å². The Hall–Kier alpha value is -0.760. The van der Waals surface area contributed by atoms with E-state index in [-0.39, 0.29) is 0 Å². The zero-order valence-electron chi connectivity index (χ0n) is 7.29. The molecule has 0 fully saturated rings. The largest absolute Gasteiger partial charge is 0.396 e. The highest BCUT2D eigenvalue weighted by Crippen LogP contribution is 2.19. The number of fused-ring (bicyclic) bond motifs is 1. The maximum Gasteiger partial charge on any atom is 0.0434 e. The maximum absolute atomic E-state index is 8.70. The fraction of sp³-hybridized carbons (Fsp3) is 0.600. The van der Waals surface area contributed by atoms with Crippen molar-refractivity contribution in [3.8, 4) is 0 Å². The Kier molecular flexibility index (Phi) is 2.17. The predicted molar refractivity (Wildman–Crippen MR) is 48.2 cm³/mol. The summed E-state index contributed by atoms with van der Waals surface area (Å²) < 4.78 is 2.40. The maximum atomic E-state index is 8.70. The highest BCUT2D eigenvalue weighted by molar-refractivity contribution is 5.19. The summed E-state index contributed by atoms with van der Waals surface area (Å²) >= 11 is 0. The van der Waals surface area contributed by atoms with Crippen LogP contribution >= 0.6 is 0 Å². The zero-order valence-corrected chi connectivity index (χ0v) is 7.29. The number of hydrogen-bond acceptors (Lipinski definition) is 1. The van der Waals surface area contributed by atoms with Gasteiger partial charge < -0.3 is 9.67 Å². The molecule has 1 aromatic rings. The summed E-state index contributed by atoms with van der Waals surface area (Å²) in [6.07, 6.45) is 4.45. The van der Waals surface area contributed by atoms with Crippen LogP contribution in [-0.2, 0) is 19.4 Å². The summed E-state index contributed by atoms with van der Waals surface area (Å²) in [5.41, 5.74) is 2.87. The van der Waals surface area contributed by atoms with Gasteiger partial charge in [-0.15, -0.1) is 0 Å². The highest BCUT2D eigenvalue weighted by Gasteiger charge is 2.12. The van der Waals surface area contributed by atoms with Gasteiger partial charge in [-0.3, -0.25) is 0 Å². The lowest BCUT2D eigenvalue weighted by Gasteiger charge is -2.04. The van der Waals surface area contributed by atoms with Crippen molar-refractivity contribution >= 4 is 0 Å². The molecule has 2 nitrogen and oxygen atoms in total. The summed E-state index contributed by atoms with van der Waals surface area (Å²) in [5, 5.41) is 8.70. The van der Waals surface area contributed by atoms with Crippen molar-refractivity contribution in [2.45, 2.75) is 32.2 Å². The number of rotatable bonds is 3. The lowest BCUT2D eigenvalue weighted by Crippen LogP contribution is -2.00. The molecule has 2 rings (SSSR count). The minimum Gasteiger partial charge on any atom is -0.396 e. The molecule has 0 radical (unpaired) electrons. The number of aliphatic hydroxyl groups excluding tert-OH is 1. The van der Waals surface area contributed by atoms with Crippen molar-refractivity contribution in [1.29, 1.82) is 0 Å². The third-order valence-corrected chi connectivity index (χ3v) is 2.57. The van der Waals surface area contributed by atoms with E-state index in [0.717, 1.165) is 12.8 Å². The van der Waals surface area contributed by atoms with Crippen LogP contribution in [-0.4, -0.2) is 16.3 Å². The van der Waals surface area contributed by atoms with E-state index in [1.165, 1.54) is 30.8 Å². The molecule has 2 heteroatoms. The van der Waals surface area contributed by atoms with Crippen molar-refractivity contribution in [3.63, 3.8) is 0 Å². The van der Waals surface area contributed by atoms with Gasteiger partial charge in [0.2, 0.25) is 0 Å². The van der Waals surface area contributed by atoms with Crippen molar-refractivity contribution in [2.24, 2.45) is 0 Å². The van der Waals surface area contributed by atoms with Gasteiger partial charge in [0.15, 0.2) is 0 Å². The van der Waals surface area contributed by atoms with Crippen LogP contribution in [0.5, 0.6) is 0 Å². The smallest absolute Gasteiger partial charge is 0.0434 e. The van der Waals surface area contributed by atoms with Gasteiger partial charge >= 0.3 is 0 Å². The summed E-state index contributed by atoms with van der Waals surface area (Å²) in [5.74, 6) is 0. The monoisotopic (exact) mass is 165 g/mol.